The van der Waals surface area contributed by atoms with Crippen LogP contribution in [0.15, 0.2) is 48.5 Å². The third-order valence-electron chi connectivity index (χ3n) is 7.78. The number of carbonyl (C=O) groups is 5. The van der Waals surface area contributed by atoms with Crippen molar-refractivity contribution < 1.29 is 33.4 Å². The van der Waals surface area contributed by atoms with E-state index in [1.807, 2.05) is 83.1 Å². The molecule has 0 spiro atoms. The number of alkyl carbamates (subject to hydrolysis) is 1. The zero-order chi connectivity index (χ0) is 37.3. The Bertz CT molecular complexity index is 1450. The number of benzene rings is 2. The van der Waals surface area contributed by atoms with Gasteiger partial charge in [-0.1, -0.05) is 66.6 Å². The standard InChI is InChI=1S/C38H56N4O7/c1-12-38(10,11)42(33(45)28(18-19-30(39)43)41-35(47)49-37(7,8)9)31(27-21-24(2)20-25(3)22-27)32(44)40-29(34(46)48-36(4,5)6)23-26-16-14-13-15-17-26/h13-17,20-22,28-29,31H,12,18-19,23H2,1-11H3,(H2,39,43)(H,40,44)(H,41,47). The maximum Gasteiger partial charge on any atom is 0.408 e. The first kappa shape index (κ1) is 40.8. The molecular formula is C38H56N4O7. The third kappa shape index (κ3) is 13.2. The van der Waals surface area contributed by atoms with E-state index in [0.717, 1.165) is 16.7 Å². The number of nitrogens with two attached hydrogens (primary N) is 1. The van der Waals surface area contributed by atoms with E-state index >= 15 is 0 Å². The molecule has 0 aromatic heterocycles. The van der Waals surface area contributed by atoms with Crippen molar-refractivity contribution in [1.29, 1.82) is 0 Å². The van der Waals surface area contributed by atoms with Crippen molar-refractivity contribution in [2.45, 2.75) is 137 Å². The zero-order valence-corrected chi connectivity index (χ0v) is 31.1. The van der Waals surface area contributed by atoms with Crippen LogP contribution in [0.3, 0.4) is 0 Å². The number of ether oxygens (including phenoxy) is 2. The lowest BCUT2D eigenvalue weighted by atomic mass is 9.90. The summed E-state index contributed by atoms with van der Waals surface area (Å²) in [7, 11) is 0. The molecule has 0 fully saturated rings. The van der Waals surface area contributed by atoms with Gasteiger partial charge in [0.05, 0.1) is 0 Å². The predicted octanol–water partition coefficient (Wildman–Crippen LogP) is 5.59. The lowest BCUT2D eigenvalue weighted by Gasteiger charge is -2.45. The number of carbonyl (C=O) groups excluding carboxylic acids is 5. The summed E-state index contributed by atoms with van der Waals surface area (Å²) in [5.74, 6) is -2.51. The fourth-order valence-corrected chi connectivity index (χ4v) is 5.36. The van der Waals surface area contributed by atoms with Crippen LogP contribution in [0.25, 0.3) is 0 Å². The van der Waals surface area contributed by atoms with Gasteiger partial charge in [-0.3, -0.25) is 14.4 Å². The molecule has 0 aliphatic rings. The van der Waals surface area contributed by atoms with Crippen molar-refractivity contribution in [1.82, 2.24) is 15.5 Å². The molecule has 11 nitrogen and oxygen atoms in total. The summed E-state index contributed by atoms with van der Waals surface area (Å²) >= 11 is 0. The lowest BCUT2D eigenvalue weighted by molar-refractivity contribution is -0.159. The zero-order valence-electron chi connectivity index (χ0n) is 31.1. The minimum absolute atomic E-state index is 0.126. The fraction of sp³-hybridized carbons (Fsp3) is 0.553. The average molecular weight is 681 g/mol. The summed E-state index contributed by atoms with van der Waals surface area (Å²) < 4.78 is 11.2. The van der Waals surface area contributed by atoms with Crippen LogP contribution in [0, 0.1) is 13.8 Å². The first-order chi connectivity index (χ1) is 22.5. The minimum Gasteiger partial charge on any atom is -0.458 e. The van der Waals surface area contributed by atoms with Gasteiger partial charge in [0.1, 0.15) is 29.3 Å². The smallest absolute Gasteiger partial charge is 0.408 e. The first-order valence-corrected chi connectivity index (χ1v) is 16.8. The van der Waals surface area contributed by atoms with Crippen molar-refractivity contribution >= 4 is 29.8 Å². The van der Waals surface area contributed by atoms with Gasteiger partial charge in [0, 0.05) is 18.4 Å². The number of nitrogens with one attached hydrogen (secondary N) is 2. The summed E-state index contributed by atoms with van der Waals surface area (Å²) in [5.41, 5.74) is 5.86. The number of rotatable bonds is 14. The third-order valence-corrected chi connectivity index (χ3v) is 7.78. The van der Waals surface area contributed by atoms with Gasteiger partial charge in [-0.05, 0) is 93.2 Å². The van der Waals surface area contributed by atoms with Crippen molar-refractivity contribution in [2.75, 3.05) is 0 Å². The summed E-state index contributed by atoms with van der Waals surface area (Å²) in [4.78, 5) is 69.4. The van der Waals surface area contributed by atoms with Gasteiger partial charge in [-0.15, -0.1) is 0 Å². The highest BCUT2D eigenvalue weighted by atomic mass is 16.6. The normalized spacial score (nSPS) is 13.8. The van der Waals surface area contributed by atoms with Crippen LogP contribution in [-0.4, -0.2) is 63.5 Å². The number of hydrogen-bond donors (Lipinski definition) is 3. The number of amides is 4. The van der Waals surface area contributed by atoms with E-state index in [0.29, 0.717) is 12.0 Å². The lowest BCUT2D eigenvalue weighted by Crippen LogP contribution is -2.60. The molecule has 2 aromatic rings. The Labute approximate surface area is 291 Å². The summed E-state index contributed by atoms with van der Waals surface area (Å²) in [5, 5.41) is 5.55. The average Bonchev–Trinajstić information content (AvgIpc) is 2.95. The Morgan fingerprint density at radius 3 is 1.84 bits per heavy atom. The molecule has 3 unspecified atom stereocenters. The second kappa shape index (κ2) is 16.8. The topological polar surface area (TPSA) is 157 Å². The molecule has 4 N–H and O–H groups in total. The molecule has 3 atom stereocenters. The molecule has 0 radical (unpaired) electrons. The summed E-state index contributed by atoms with van der Waals surface area (Å²) in [6.45, 7) is 19.6. The van der Waals surface area contributed by atoms with Crippen molar-refractivity contribution in [3.63, 3.8) is 0 Å². The predicted molar refractivity (Wildman–Crippen MR) is 189 cm³/mol. The van der Waals surface area contributed by atoms with Crippen LogP contribution in [-0.2, 0) is 35.1 Å². The van der Waals surface area contributed by atoms with Gasteiger partial charge in [-0.25, -0.2) is 9.59 Å². The number of esters is 1. The number of primary amides is 1. The van der Waals surface area contributed by atoms with E-state index in [1.54, 1.807) is 41.5 Å². The largest absolute Gasteiger partial charge is 0.458 e. The van der Waals surface area contributed by atoms with E-state index in [1.165, 1.54) is 4.90 Å². The maximum absolute atomic E-state index is 14.8. The van der Waals surface area contributed by atoms with Crippen molar-refractivity contribution in [2.24, 2.45) is 5.73 Å². The molecule has 0 saturated heterocycles. The van der Waals surface area contributed by atoms with Crippen LogP contribution in [0.4, 0.5) is 4.79 Å². The van der Waals surface area contributed by atoms with Crippen LogP contribution in [0.5, 0.6) is 0 Å². The molecule has 0 bridgehead atoms. The first-order valence-electron chi connectivity index (χ1n) is 16.8. The Hall–Kier alpha value is -4.41. The Morgan fingerprint density at radius 1 is 0.796 bits per heavy atom. The minimum atomic E-state index is -1.26. The van der Waals surface area contributed by atoms with E-state index < -0.39 is 64.7 Å². The molecule has 49 heavy (non-hydrogen) atoms. The highest BCUT2D eigenvalue weighted by Gasteiger charge is 2.44. The molecule has 0 aliphatic heterocycles. The van der Waals surface area contributed by atoms with Gasteiger partial charge < -0.3 is 30.7 Å². The number of nitrogens with zero attached hydrogens (tertiary/aromatic N) is 1. The van der Waals surface area contributed by atoms with Crippen LogP contribution in [0.1, 0.15) is 110 Å². The molecule has 0 aliphatic carbocycles. The van der Waals surface area contributed by atoms with Crippen LogP contribution >= 0.6 is 0 Å². The molecule has 2 aromatic carbocycles. The van der Waals surface area contributed by atoms with Gasteiger partial charge in [0.15, 0.2) is 0 Å². The maximum atomic E-state index is 14.8. The summed E-state index contributed by atoms with van der Waals surface area (Å²) in [6.07, 6.45) is -0.621. The van der Waals surface area contributed by atoms with Crippen molar-refractivity contribution in [3.05, 3.63) is 70.8 Å². The molecule has 4 amide bonds. The molecule has 0 heterocycles. The fourth-order valence-electron chi connectivity index (χ4n) is 5.36. The second-order valence-electron chi connectivity index (χ2n) is 15.2. The molecular weight excluding hydrogens is 624 g/mol. The molecule has 0 saturated carbocycles. The highest BCUT2D eigenvalue weighted by molar-refractivity contribution is 5.94. The molecule has 270 valence electrons. The van der Waals surface area contributed by atoms with E-state index in [4.69, 9.17) is 15.2 Å². The Balaban J connectivity index is 2.76. The van der Waals surface area contributed by atoms with Crippen LogP contribution in [0.2, 0.25) is 0 Å². The van der Waals surface area contributed by atoms with E-state index in [2.05, 4.69) is 10.6 Å². The summed E-state index contributed by atoms with van der Waals surface area (Å²) in [6, 6.07) is 11.2. The van der Waals surface area contributed by atoms with Crippen molar-refractivity contribution in [3.8, 4) is 0 Å². The number of aryl methyl sites for hydroxylation is 2. The van der Waals surface area contributed by atoms with E-state index in [9.17, 15) is 24.0 Å². The Kier molecular flexibility index (Phi) is 14.0. The quantitative estimate of drug-likeness (QED) is 0.220. The monoisotopic (exact) mass is 680 g/mol. The Morgan fingerprint density at radius 2 is 1.35 bits per heavy atom. The molecule has 2 rings (SSSR count). The second-order valence-corrected chi connectivity index (χ2v) is 15.2. The molecule has 11 heteroatoms. The van der Waals surface area contributed by atoms with Gasteiger partial charge in [-0.2, -0.15) is 0 Å². The van der Waals surface area contributed by atoms with E-state index in [-0.39, 0.29) is 19.3 Å². The van der Waals surface area contributed by atoms with Gasteiger partial charge >= 0.3 is 12.1 Å². The SMILES string of the molecule is CCC(C)(C)N(C(=O)C(CCC(N)=O)NC(=O)OC(C)(C)C)C(C(=O)NC(Cc1ccccc1)C(=O)OC(C)(C)C)c1cc(C)cc(C)c1. The highest BCUT2D eigenvalue weighted by Crippen LogP contribution is 2.34. The number of hydrogen-bond acceptors (Lipinski definition) is 7. The van der Waals surface area contributed by atoms with Gasteiger partial charge in [0.25, 0.3) is 0 Å². The van der Waals surface area contributed by atoms with Gasteiger partial charge in [0.2, 0.25) is 17.7 Å². The van der Waals surface area contributed by atoms with Crippen LogP contribution < -0.4 is 16.4 Å².